The molecule has 45 heavy (non-hydrogen) atoms. The van der Waals surface area contributed by atoms with E-state index in [9.17, 15) is 9.59 Å². The molecule has 0 bridgehead atoms. The zero-order valence-corrected chi connectivity index (χ0v) is 29.4. The second-order valence-electron chi connectivity index (χ2n) is 11.6. The van der Waals surface area contributed by atoms with E-state index in [0.717, 1.165) is 38.1 Å². The van der Waals surface area contributed by atoms with Crippen LogP contribution in [0.3, 0.4) is 0 Å². The van der Waals surface area contributed by atoms with Crippen LogP contribution in [0, 0.1) is 0 Å². The van der Waals surface area contributed by atoms with Crippen LogP contribution in [0.5, 0.6) is 0 Å². The van der Waals surface area contributed by atoms with Crippen molar-refractivity contribution in [2.45, 2.75) is 78.2 Å². The van der Waals surface area contributed by atoms with Gasteiger partial charge in [-0.25, -0.2) is 9.59 Å². The maximum Gasteiger partial charge on any atom is 0.338 e. The first-order valence-electron chi connectivity index (χ1n) is 15.7. The number of ether oxygens (including phenoxy) is 2. The summed E-state index contributed by atoms with van der Waals surface area (Å²) >= 11 is 0. The zero-order chi connectivity index (χ0) is 32.7. The minimum atomic E-state index is -1.55. The van der Waals surface area contributed by atoms with Gasteiger partial charge in [0.05, 0.1) is 24.3 Å². The lowest BCUT2D eigenvalue weighted by atomic mass is 10.2. The van der Waals surface area contributed by atoms with E-state index < -0.39 is 17.4 Å². The van der Waals surface area contributed by atoms with Crippen LogP contribution in [0.2, 0.25) is 32.2 Å². The summed E-state index contributed by atoms with van der Waals surface area (Å²) in [5.74, 6) is 0.282. The molecular weight excluding hydrogens is 605 g/mol. The molecule has 3 aromatic rings. The van der Waals surface area contributed by atoms with Crippen molar-refractivity contribution in [2.24, 2.45) is 0 Å². The summed E-state index contributed by atoms with van der Waals surface area (Å²) in [4.78, 5) is 38.5. The fourth-order valence-corrected chi connectivity index (χ4v) is 9.40. The van der Waals surface area contributed by atoms with Gasteiger partial charge in [0.25, 0.3) is 0 Å². The minimum absolute atomic E-state index is 0.296. The number of aromatic nitrogens is 3. The van der Waals surface area contributed by atoms with Crippen molar-refractivity contribution in [3.8, 4) is 0 Å². The van der Waals surface area contributed by atoms with Gasteiger partial charge in [-0.15, -0.1) is 0 Å². The maximum atomic E-state index is 12.5. The predicted octanol–water partition coefficient (Wildman–Crippen LogP) is 7.55. The highest BCUT2D eigenvalue weighted by Crippen LogP contribution is 2.21. The molecule has 13 heteroatoms. The molecule has 0 fully saturated rings. The number of hydrogen-bond donors (Lipinski definition) is 3. The summed E-state index contributed by atoms with van der Waals surface area (Å²) in [7, 11) is -2.41. The molecule has 0 unspecified atom stereocenters. The van der Waals surface area contributed by atoms with E-state index in [4.69, 9.17) is 13.6 Å². The van der Waals surface area contributed by atoms with Crippen LogP contribution in [0.4, 0.5) is 29.2 Å². The van der Waals surface area contributed by atoms with Crippen LogP contribution < -0.4 is 16.0 Å². The van der Waals surface area contributed by atoms with Crippen molar-refractivity contribution < 1.29 is 23.2 Å². The van der Waals surface area contributed by atoms with Crippen LogP contribution in [-0.4, -0.2) is 64.0 Å². The second kappa shape index (κ2) is 18.2. The average Bonchev–Trinajstić information content (AvgIpc) is 2.99. The van der Waals surface area contributed by atoms with E-state index in [-0.39, 0.29) is 11.9 Å². The van der Waals surface area contributed by atoms with Gasteiger partial charge in [0.1, 0.15) is 0 Å². The minimum Gasteiger partial charge on any atom is -0.462 e. The van der Waals surface area contributed by atoms with Crippen molar-refractivity contribution in [3.63, 3.8) is 0 Å². The molecule has 0 spiro atoms. The molecule has 243 valence electrons. The summed E-state index contributed by atoms with van der Waals surface area (Å²) in [5.41, 5.74) is 2.24. The number of benzene rings is 2. The monoisotopic (exact) mass is 651 g/mol. The number of nitrogens with zero attached hydrogens (tertiary/aromatic N) is 3. The molecule has 0 aliphatic heterocycles. The molecule has 0 aliphatic rings. The normalized spacial score (nSPS) is 11.3. The molecule has 3 rings (SSSR count). The standard InChI is InChI=1S/C32H47N6O5Si2/c1-7-9-20-41-28(39)24-15-17-26(18-16-24)34-31-36-30(33-19-12-22-44(3)43-45(4,5)6)37-32(38-31)35-27-14-11-13-25(23-27)29(40)42-21-10-8-2/h11,13-18,23H,7-10,12,19-22H2,1-6H3,(H3,33,34,35,36,37,38). The summed E-state index contributed by atoms with van der Waals surface area (Å²) in [6.45, 7) is 14.4. The van der Waals surface area contributed by atoms with Gasteiger partial charge in [0.15, 0.2) is 17.4 Å². The Morgan fingerprint density at radius 2 is 1.33 bits per heavy atom. The van der Waals surface area contributed by atoms with Crippen LogP contribution in [-0.2, 0) is 13.6 Å². The molecule has 0 amide bonds. The predicted molar refractivity (Wildman–Crippen MR) is 184 cm³/mol. The van der Waals surface area contributed by atoms with Crippen molar-refractivity contribution in [3.05, 3.63) is 59.7 Å². The fourth-order valence-electron chi connectivity index (χ4n) is 4.13. The Morgan fingerprint density at radius 3 is 1.93 bits per heavy atom. The lowest BCUT2D eigenvalue weighted by Crippen LogP contribution is -2.33. The van der Waals surface area contributed by atoms with Gasteiger partial charge < -0.3 is 29.5 Å². The lowest BCUT2D eigenvalue weighted by Gasteiger charge is -2.22. The van der Waals surface area contributed by atoms with E-state index >= 15 is 0 Å². The molecule has 1 aromatic heterocycles. The summed E-state index contributed by atoms with van der Waals surface area (Å²) < 4.78 is 16.9. The maximum absolute atomic E-state index is 12.5. The quantitative estimate of drug-likeness (QED) is 0.0673. The van der Waals surface area contributed by atoms with Gasteiger partial charge in [-0.3, -0.25) is 0 Å². The highest BCUT2D eigenvalue weighted by atomic mass is 28.4. The molecular formula is C32H47N6O5Si2. The average molecular weight is 652 g/mol. The third-order valence-corrected chi connectivity index (χ3v) is 11.2. The first-order chi connectivity index (χ1) is 21.6. The number of esters is 2. The second-order valence-corrected chi connectivity index (χ2v) is 18.6. The van der Waals surface area contributed by atoms with Gasteiger partial charge in [-0.1, -0.05) is 32.8 Å². The molecule has 0 saturated heterocycles. The van der Waals surface area contributed by atoms with Crippen LogP contribution >= 0.6 is 0 Å². The topological polar surface area (TPSA) is 137 Å². The highest BCUT2D eigenvalue weighted by Gasteiger charge is 2.19. The van der Waals surface area contributed by atoms with Crippen molar-refractivity contribution in [1.82, 2.24) is 15.0 Å². The Balaban J connectivity index is 1.74. The molecule has 2 aromatic carbocycles. The number of carbonyl (C=O) groups is 2. The van der Waals surface area contributed by atoms with Crippen molar-refractivity contribution >= 4 is 58.5 Å². The number of rotatable bonds is 19. The SMILES string of the molecule is CCCCOC(=O)c1ccc(Nc2nc(NCCC[Si](C)O[Si](C)(C)C)nc(Nc3cccc(C(=O)OCCCC)c3)n2)cc1. The van der Waals surface area contributed by atoms with Crippen LogP contribution in [0.25, 0.3) is 0 Å². The van der Waals surface area contributed by atoms with E-state index in [2.05, 4.69) is 57.1 Å². The Kier molecular flexibility index (Phi) is 14.4. The third kappa shape index (κ3) is 13.4. The van der Waals surface area contributed by atoms with Gasteiger partial charge in [-0.05, 0) is 94.0 Å². The number of anilines is 5. The smallest absolute Gasteiger partial charge is 0.338 e. The van der Waals surface area contributed by atoms with Crippen molar-refractivity contribution in [2.75, 3.05) is 35.7 Å². The van der Waals surface area contributed by atoms with Gasteiger partial charge in [-0.2, -0.15) is 15.0 Å². The number of carbonyl (C=O) groups excluding carboxylic acids is 2. The Hall–Kier alpha value is -3.82. The van der Waals surface area contributed by atoms with E-state index in [1.807, 2.05) is 19.9 Å². The highest BCUT2D eigenvalue weighted by molar-refractivity contribution is 6.77. The Labute approximate surface area is 269 Å². The fraction of sp³-hybridized carbons (Fsp3) is 0.469. The van der Waals surface area contributed by atoms with Crippen LogP contribution in [0.1, 0.15) is 66.7 Å². The first kappa shape index (κ1) is 35.7. The Bertz CT molecular complexity index is 1370. The van der Waals surface area contributed by atoms with E-state index in [0.29, 0.717) is 60.1 Å². The third-order valence-electron chi connectivity index (χ3n) is 6.30. The molecule has 0 atom stereocenters. The molecule has 3 N–H and O–H groups in total. The van der Waals surface area contributed by atoms with E-state index in [1.54, 1.807) is 42.5 Å². The van der Waals surface area contributed by atoms with Gasteiger partial charge in [0.2, 0.25) is 17.8 Å². The lowest BCUT2D eigenvalue weighted by molar-refractivity contribution is 0.0490. The van der Waals surface area contributed by atoms with Gasteiger partial charge in [0, 0.05) is 17.9 Å². The van der Waals surface area contributed by atoms with E-state index in [1.165, 1.54) is 0 Å². The van der Waals surface area contributed by atoms with Gasteiger partial charge >= 0.3 is 11.9 Å². The van der Waals surface area contributed by atoms with Crippen molar-refractivity contribution in [1.29, 1.82) is 0 Å². The molecule has 0 aliphatic carbocycles. The number of unbranched alkanes of at least 4 members (excludes halogenated alkanes) is 2. The molecule has 1 radical (unpaired) electrons. The summed E-state index contributed by atoms with van der Waals surface area (Å²) in [5, 5.41) is 9.71. The molecule has 1 heterocycles. The largest absolute Gasteiger partial charge is 0.462 e. The zero-order valence-electron chi connectivity index (χ0n) is 27.4. The number of hydrogen-bond acceptors (Lipinski definition) is 11. The van der Waals surface area contributed by atoms with Crippen LogP contribution in [0.15, 0.2) is 48.5 Å². The summed E-state index contributed by atoms with van der Waals surface area (Å²) in [6.07, 6.45) is 4.48. The summed E-state index contributed by atoms with van der Waals surface area (Å²) in [6, 6.07) is 15.0. The Morgan fingerprint density at radius 1 is 0.756 bits per heavy atom. The molecule has 0 saturated carbocycles. The molecule has 11 nitrogen and oxygen atoms in total. The number of nitrogens with one attached hydrogen (secondary N) is 3. The first-order valence-corrected chi connectivity index (χ1v) is 21.2.